The molecule has 1 heterocycles. The van der Waals surface area contributed by atoms with E-state index in [0.29, 0.717) is 39.7 Å². The van der Waals surface area contributed by atoms with Crippen molar-refractivity contribution in [2.24, 2.45) is 0 Å². The van der Waals surface area contributed by atoms with Crippen molar-refractivity contribution in [3.63, 3.8) is 0 Å². The summed E-state index contributed by atoms with van der Waals surface area (Å²) in [6, 6.07) is 22.5. The van der Waals surface area contributed by atoms with Crippen LogP contribution < -0.4 is 19.1 Å². The van der Waals surface area contributed by atoms with Gasteiger partial charge >= 0.3 is 0 Å². The number of carbonyl (C=O) groups is 1. The second-order valence-corrected chi connectivity index (χ2v) is 9.47. The van der Waals surface area contributed by atoms with Gasteiger partial charge in [-0.05, 0) is 48.5 Å². The number of benzene rings is 3. The van der Waals surface area contributed by atoms with Gasteiger partial charge in [-0.3, -0.25) is 9.69 Å². The molecule has 5 nitrogen and oxygen atoms in total. The van der Waals surface area contributed by atoms with Gasteiger partial charge in [-0.1, -0.05) is 70.2 Å². The molecule has 0 radical (unpaired) electrons. The van der Waals surface area contributed by atoms with Crippen LogP contribution in [0.2, 0.25) is 0 Å². The molecule has 0 bridgehead atoms. The molecule has 1 aliphatic rings. The third-order valence-corrected chi connectivity index (χ3v) is 6.53. The molecule has 1 fully saturated rings. The summed E-state index contributed by atoms with van der Waals surface area (Å²) in [6.07, 6.45) is 1.81. The first-order chi connectivity index (χ1) is 16.1. The fourth-order valence-electron chi connectivity index (χ4n) is 3.21. The summed E-state index contributed by atoms with van der Waals surface area (Å²) in [5.74, 6) is 1.82. The van der Waals surface area contributed by atoms with Crippen LogP contribution in [0.5, 0.6) is 17.2 Å². The molecule has 1 saturated heterocycles. The Labute approximate surface area is 210 Å². The second-order valence-electron chi connectivity index (χ2n) is 6.88. The van der Waals surface area contributed by atoms with Crippen LogP contribution in [0, 0.1) is 0 Å². The summed E-state index contributed by atoms with van der Waals surface area (Å²) in [5.41, 5.74) is 1.53. The Kier molecular flexibility index (Phi) is 7.69. The van der Waals surface area contributed by atoms with Crippen LogP contribution in [0.1, 0.15) is 5.56 Å². The highest BCUT2D eigenvalue weighted by Crippen LogP contribution is 2.37. The van der Waals surface area contributed by atoms with E-state index in [1.54, 1.807) is 12.0 Å². The van der Waals surface area contributed by atoms with E-state index in [0.717, 1.165) is 15.7 Å². The van der Waals surface area contributed by atoms with Crippen molar-refractivity contribution in [1.82, 2.24) is 0 Å². The molecule has 8 heteroatoms. The van der Waals surface area contributed by atoms with Crippen molar-refractivity contribution >= 4 is 61.9 Å². The van der Waals surface area contributed by atoms with Crippen molar-refractivity contribution in [3.05, 3.63) is 87.7 Å². The van der Waals surface area contributed by atoms with E-state index in [1.165, 1.54) is 11.8 Å². The molecule has 33 heavy (non-hydrogen) atoms. The van der Waals surface area contributed by atoms with Crippen molar-refractivity contribution in [2.75, 3.05) is 25.2 Å². The lowest BCUT2D eigenvalue weighted by Gasteiger charge is -2.14. The van der Waals surface area contributed by atoms with Gasteiger partial charge in [-0.25, -0.2) is 0 Å². The van der Waals surface area contributed by atoms with E-state index < -0.39 is 0 Å². The molecule has 0 aliphatic carbocycles. The maximum Gasteiger partial charge on any atom is 0.270 e. The molecule has 3 aromatic rings. The Bertz CT molecular complexity index is 1200. The lowest BCUT2D eigenvalue weighted by atomic mass is 10.2. The SMILES string of the molecule is COc1ccccc1OCCOc1ccc(Br)cc1C=C1SC(=S)N(c2ccccc2)C1=O. The average molecular weight is 542 g/mol. The summed E-state index contributed by atoms with van der Waals surface area (Å²) in [7, 11) is 1.60. The maximum atomic E-state index is 13.1. The number of methoxy groups -OCH3 is 1. The smallest absolute Gasteiger partial charge is 0.270 e. The topological polar surface area (TPSA) is 48.0 Å². The van der Waals surface area contributed by atoms with Gasteiger partial charge in [0, 0.05) is 10.0 Å². The zero-order chi connectivity index (χ0) is 23.2. The van der Waals surface area contributed by atoms with Gasteiger partial charge in [0.2, 0.25) is 0 Å². The third kappa shape index (κ3) is 5.58. The predicted molar refractivity (Wildman–Crippen MR) is 140 cm³/mol. The summed E-state index contributed by atoms with van der Waals surface area (Å²) in [4.78, 5) is 15.1. The summed E-state index contributed by atoms with van der Waals surface area (Å²) < 4.78 is 18.4. The van der Waals surface area contributed by atoms with Gasteiger partial charge in [-0.2, -0.15) is 0 Å². The Balaban J connectivity index is 1.47. The Morgan fingerprint density at radius 2 is 1.61 bits per heavy atom. The molecule has 0 saturated carbocycles. The molecule has 168 valence electrons. The number of thioether (sulfide) groups is 1. The summed E-state index contributed by atoms with van der Waals surface area (Å²) >= 11 is 10.2. The molecule has 0 aromatic heterocycles. The number of carbonyl (C=O) groups excluding carboxylic acids is 1. The van der Waals surface area contributed by atoms with E-state index in [1.807, 2.05) is 78.9 Å². The van der Waals surface area contributed by atoms with Crippen LogP contribution in [0.3, 0.4) is 0 Å². The van der Waals surface area contributed by atoms with Crippen LogP contribution in [-0.2, 0) is 4.79 Å². The molecule has 4 rings (SSSR count). The van der Waals surface area contributed by atoms with E-state index in [4.69, 9.17) is 26.4 Å². The minimum Gasteiger partial charge on any atom is -0.493 e. The van der Waals surface area contributed by atoms with Crippen molar-refractivity contribution in [2.45, 2.75) is 0 Å². The van der Waals surface area contributed by atoms with Crippen molar-refractivity contribution < 1.29 is 19.0 Å². The van der Waals surface area contributed by atoms with Crippen molar-refractivity contribution in [3.8, 4) is 17.2 Å². The summed E-state index contributed by atoms with van der Waals surface area (Å²) in [5, 5.41) is 0. The lowest BCUT2D eigenvalue weighted by Crippen LogP contribution is -2.27. The quantitative estimate of drug-likeness (QED) is 0.189. The molecular formula is C25H20BrNO4S2. The fourth-order valence-corrected chi connectivity index (χ4v) is 4.88. The molecule has 0 N–H and O–H groups in total. The molecule has 3 aromatic carbocycles. The van der Waals surface area contributed by atoms with Crippen LogP contribution in [0.4, 0.5) is 5.69 Å². The minimum atomic E-state index is -0.151. The number of ether oxygens (including phenoxy) is 3. The van der Waals surface area contributed by atoms with E-state index >= 15 is 0 Å². The predicted octanol–water partition coefficient (Wildman–Crippen LogP) is 6.32. The van der Waals surface area contributed by atoms with Crippen LogP contribution in [0.15, 0.2) is 82.2 Å². The van der Waals surface area contributed by atoms with Gasteiger partial charge in [0.25, 0.3) is 5.91 Å². The zero-order valence-corrected chi connectivity index (χ0v) is 20.9. The Hall–Kier alpha value is -2.81. The van der Waals surface area contributed by atoms with E-state index in [2.05, 4.69) is 15.9 Å². The first-order valence-corrected chi connectivity index (χ1v) is 12.1. The van der Waals surface area contributed by atoms with Gasteiger partial charge in [0.05, 0.1) is 17.7 Å². The average Bonchev–Trinajstić information content (AvgIpc) is 3.11. The molecule has 1 amide bonds. The lowest BCUT2D eigenvalue weighted by molar-refractivity contribution is -0.113. The monoisotopic (exact) mass is 541 g/mol. The number of rotatable bonds is 8. The minimum absolute atomic E-state index is 0.151. The van der Waals surface area contributed by atoms with Crippen LogP contribution in [-0.4, -0.2) is 30.6 Å². The van der Waals surface area contributed by atoms with Gasteiger partial charge in [0.15, 0.2) is 15.8 Å². The molecule has 0 unspecified atom stereocenters. The van der Waals surface area contributed by atoms with E-state index in [9.17, 15) is 4.79 Å². The van der Waals surface area contributed by atoms with Gasteiger partial charge in [0.1, 0.15) is 19.0 Å². The van der Waals surface area contributed by atoms with E-state index in [-0.39, 0.29) is 5.91 Å². The number of hydrogen-bond donors (Lipinski definition) is 0. The molecular weight excluding hydrogens is 522 g/mol. The molecule has 1 aliphatic heterocycles. The Morgan fingerprint density at radius 3 is 2.33 bits per heavy atom. The zero-order valence-electron chi connectivity index (χ0n) is 17.7. The maximum absolute atomic E-state index is 13.1. The highest BCUT2D eigenvalue weighted by atomic mass is 79.9. The second kappa shape index (κ2) is 10.9. The number of thiocarbonyl (C=S) groups is 1. The highest BCUT2D eigenvalue weighted by Gasteiger charge is 2.33. The third-order valence-electron chi connectivity index (χ3n) is 4.73. The molecule has 0 atom stereocenters. The van der Waals surface area contributed by atoms with Gasteiger partial charge in [-0.15, -0.1) is 0 Å². The van der Waals surface area contributed by atoms with Crippen LogP contribution >= 0.6 is 39.9 Å². The first-order valence-electron chi connectivity index (χ1n) is 10.1. The largest absolute Gasteiger partial charge is 0.493 e. The number of amides is 1. The van der Waals surface area contributed by atoms with Gasteiger partial charge < -0.3 is 14.2 Å². The first kappa shape index (κ1) is 23.4. The number of halogens is 1. The summed E-state index contributed by atoms with van der Waals surface area (Å²) in [6.45, 7) is 0.664. The Morgan fingerprint density at radius 1 is 0.939 bits per heavy atom. The fraction of sp³-hybridized carbons (Fsp3) is 0.120. The number of para-hydroxylation sites is 3. The number of hydrogen-bond acceptors (Lipinski definition) is 6. The van der Waals surface area contributed by atoms with Crippen LogP contribution in [0.25, 0.3) is 6.08 Å². The standard InChI is InChI=1S/C25H20BrNO4S2/c1-29-21-9-5-6-10-22(21)31-14-13-30-20-12-11-18(26)15-17(20)16-23-24(28)27(25(32)33-23)19-7-3-2-4-8-19/h2-12,15-16H,13-14H2,1H3. The molecule has 0 spiro atoms. The highest BCUT2D eigenvalue weighted by molar-refractivity contribution is 9.10. The number of nitrogens with zero attached hydrogens (tertiary/aromatic N) is 1. The normalized spacial score (nSPS) is 14.6. The van der Waals surface area contributed by atoms with Crippen molar-refractivity contribution in [1.29, 1.82) is 0 Å². The number of anilines is 1.